The second-order valence-electron chi connectivity index (χ2n) is 6.36. The zero-order chi connectivity index (χ0) is 17.8. The average molecular weight is 426 g/mol. The van der Waals surface area contributed by atoms with Gasteiger partial charge in [0.05, 0.1) is 11.1 Å². The largest absolute Gasteiger partial charge is 0.482 e. The van der Waals surface area contributed by atoms with Crippen molar-refractivity contribution in [2.45, 2.75) is 31.7 Å². The predicted molar refractivity (Wildman–Crippen MR) is 103 cm³/mol. The highest BCUT2D eigenvalue weighted by atomic mass is 79.9. The van der Waals surface area contributed by atoms with Gasteiger partial charge in [-0.05, 0) is 43.2 Å². The van der Waals surface area contributed by atoms with Crippen molar-refractivity contribution < 1.29 is 9.53 Å². The van der Waals surface area contributed by atoms with Gasteiger partial charge in [-0.15, -0.1) is 0 Å². The van der Waals surface area contributed by atoms with Crippen LogP contribution < -0.4 is 4.74 Å². The third-order valence-electron chi connectivity index (χ3n) is 4.64. The Balaban J connectivity index is 1.72. The molecule has 6 heteroatoms. The maximum absolute atomic E-state index is 12.9. The second kappa shape index (κ2) is 8.28. The Hall–Kier alpha value is -1.46. The summed E-state index contributed by atoms with van der Waals surface area (Å²) in [5.41, 5.74) is 1.18. The van der Waals surface area contributed by atoms with Gasteiger partial charge in [-0.3, -0.25) is 4.79 Å². The molecule has 0 radical (unpaired) electrons. The van der Waals surface area contributed by atoms with Crippen molar-refractivity contribution in [1.82, 2.24) is 9.47 Å². The van der Waals surface area contributed by atoms with Gasteiger partial charge in [0.2, 0.25) is 0 Å². The molecule has 3 rings (SSSR count). The van der Waals surface area contributed by atoms with Crippen LogP contribution in [-0.4, -0.2) is 28.5 Å². The highest BCUT2D eigenvalue weighted by Gasteiger charge is 2.28. The average Bonchev–Trinajstić information content (AvgIpc) is 2.86. The third-order valence-corrected chi connectivity index (χ3v) is 5.43. The van der Waals surface area contributed by atoms with Crippen molar-refractivity contribution in [1.29, 1.82) is 0 Å². The fourth-order valence-corrected chi connectivity index (χ4v) is 4.08. The fourth-order valence-electron chi connectivity index (χ4n) is 3.35. The van der Waals surface area contributed by atoms with E-state index in [9.17, 15) is 4.79 Å². The summed E-state index contributed by atoms with van der Waals surface area (Å²) in [6, 6.07) is 9.63. The van der Waals surface area contributed by atoms with E-state index in [0.717, 1.165) is 36.7 Å². The van der Waals surface area contributed by atoms with Crippen LogP contribution in [0, 0.1) is 0 Å². The van der Waals surface area contributed by atoms with Crippen LogP contribution in [0.25, 0.3) is 0 Å². The third kappa shape index (κ3) is 4.39. The summed E-state index contributed by atoms with van der Waals surface area (Å²) in [4.78, 5) is 14.8. The summed E-state index contributed by atoms with van der Waals surface area (Å²) in [5.74, 6) is 0.538. The first kappa shape index (κ1) is 18.3. The van der Waals surface area contributed by atoms with E-state index in [1.165, 1.54) is 5.69 Å². The SMILES string of the molecule is Cn1cccc1C1CCCCCN1C(=O)COc1ccc(Br)cc1Cl. The molecule has 1 unspecified atom stereocenters. The molecule has 25 heavy (non-hydrogen) atoms. The molecule has 134 valence electrons. The second-order valence-corrected chi connectivity index (χ2v) is 7.68. The van der Waals surface area contributed by atoms with Gasteiger partial charge in [-0.2, -0.15) is 0 Å². The van der Waals surface area contributed by atoms with E-state index in [1.807, 2.05) is 30.3 Å². The Bertz CT molecular complexity index is 747. The Labute approximate surface area is 161 Å². The molecule has 1 aromatic heterocycles. The van der Waals surface area contributed by atoms with Crippen LogP contribution in [0.15, 0.2) is 41.0 Å². The lowest BCUT2D eigenvalue weighted by Gasteiger charge is -2.30. The molecule has 0 aliphatic carbocycles. The number of hydrogen-bond donors (Lipinski definition) is 0. The topological polar surface area (TPSA) is 34.5 Å². The van der Waals surface area contributed by atoms with Crippen molar-refractivity contribution in [2.75, 3.05) is 13.2 Å². The fraction of sp³-hybridized carbons (Fsp3) is 0.421. The highest BCUT2D eigenvalue weighted by molar-refractivity contribution is 9.10. The number of carbonyl (C=O) groups excluding carboxylic acids is 1. The smallest absolute Gasteiger partial charge is 0.261 e. The van der Waals surface area contributed by atoms with Gasteiger partial charge >= 0.3 is 0 Å². The Morgan fingerprint density at radius 1 is 1.32 bits per heavy atom. The summed E-state index contributed by atoms with van der Waals surface area (Å²) < 4.78 is 8.67. The van der Waals surface area contributed by atoms with Gasteiger partial charge in [-0.25, -0.2) is 0 Å². The lowest BCUT2D eigenvalue weighted by Crippen LogP contribution is -2.38. The van der Waals surface area contributed by atoms with Gasteiger partial charge in [0.15, 0.2) is 6.61 Å². The van der Waals surface area contributed by atoms with E-state index in [4.69, 9.17) is 16.3 Å². The van der Waals surface area contributed by atoms with Crippen molar-refractivity contribution in [3.05, 3.63) is 51.7 Å². The molecule has 1 saturated heterocycles. The summed E-state index contributed by atoms with van der Waals surface area (Å²) in [6.07, 6.45) is 6.35. The van der Waals surface area contributed by atoms with Crippen LogP contribution in [0.5, 0.6) is 5.75 Å². The quantitative estimate of drug-likeness (QED) is 0.693. The molecule has 2 heterocycles. The molecule has 2 aromatic rings. The molecule has 1 atom stereocenters. The molecule has 1 fully saturated rings. The van der Waals surface area contributed by atoms with E-state index < -0.39 is 0 Å². The molecule has 4 nitrogen and oxygen atoms in total. The van der Waals surface area contributed by atoms with Crippen molar-refractivity contribution >= 4 is 33.4 Å². The van der Waals surface area contributed by atoms with Crippen LogP contribution in [0.1, 0.15) is 37.4 Å². The van der Waals surface area contributed by atoms with E-state index in [2.05, 4.69) is 26.6 Å². The number of nitrogens with zero attached hydrogens (tertiary/aromatic N) is 2. The van der Waals surface area contributed by atoms with Crippen LogP contribution in [-0.2, 0) is 11.8 Å². The summed E-state index contributed by atoms with van der Waals surface area (Å²) in [6.45, 7) is 0.772. The number of carbonyl (C=O) groups is 1. The highest BCUT2D eigenvalue weighted by Crippen LogP contribution is 2.31. The number of aryl methyl sites for hydroxylation is 1. The van der Waals surface area contributed by atoms with E-state index in [1.54, 1.807) is 12.1 Å². The first-order chi connectivity index (χ1) is 12.1. The number of amides is 1. The number of likely N-dealkylation sites (tertiary alicyclic amines) is 1. The molecule has 0 N–H and O–H groups in total. The number of ether oxygens (including phenoxy) is 1. The van der Waals surface area contributed by atoms with Gasteiger partial charge in [-0.1, -0.05) is 40.4 Å². The lowest BCUT2D eigenvalue weighted by molar-refractivity contribution is -0.136. The monoisotopic (exact) mass is 424 g/mol. The minimum absolute atomic E-state index is 0.00226. The van der Waals surface area contributed by atoms with E-state index >= 15 is 0 Å². The van der Waals surface area contributed by atoms with Crippen molar-refractivity contribution in [2.24, 2.45) is 7.05 Å². The minimum atomic E-state index is 0.00226. The first-order valence-electron chi connectivity index (χ1n) is 8.55. The number of halogens is 2. The summed E-state index contributed by atoms with van der Waals surface area (Å²) in [7, 11) is 2.03. The molecule has 0 spiro atoms. The molecular weight excluding hydrogens is 404 g/mol. The van der Waals surface area contributed by atoms with Crippen LogP contribution >= 0.6 is 27.5 Å². The van der Waals surface area contributed by atoms with Gasteiger partial charge in [0.1, 0.15) is 5.75 Å². The van der Waals surface area contributed by atoms with Crippen LogP contribution in [0.4, 0.5) is 0 Å². The lowest BCUT2D eigenvalue weighted by atomic mass is 10.1. The standard InChI is InChI=1S/C19H22BrClN2O2/c1-22-10-5-7-16(22)17-6-3-2-4-11-23(17)19(24)13-25-18-9-8-14(20)12-15(18)21/h5,7-10,12,17H,2-4,6,11,13H2,1H3. The Morgan fingerprint density at radius 3 is 2.88 bits per heavy atom. The van der Waals surface area contributed by atoms with Crippen molar-refractivity contribution in [3.63, 3.8) is 0 Å². The first-order valence-corrected chi connectivity index (χ1v) is 9.72. The number of rotatable bonds is 4. The number of benzene rings is 1. The predicted octanol–water partition coefficient (Wildman–Crippen LogP) is 4.96. The van der Waals surface area contributed by atoms with Crippen molar-refractivity contribution in [3.8, 4) is 5.75 Å². The maximum atomic E-state index is 12.9. The number of hydrogen-bond acceptors (Lipinski definition) is 2. The zero-order valence-electron chi connectivity index (χ0n) is 14.3. The van der Waals surface area contributed by atoms with E-state index in [-0.39, 0.29) is 18.6 Å². The number of aromatic nitrogens is 1. The Morgan fingerprint density at radius 2 is 2.16 bits per heavy atom. The van der Waals surface area contributed by atoms with E-state index in [0.29, 0.717) is 10.8 Å². The van der Waals surface area contributed by atoms with Crippen LogP contribution in [0.2, 0.25) is 5.02 Å². The van der Waals surface area contributed by atoms with Gasteiger partial charge in [0.25, 0.3) is 5.91 Å². The normalized spacial score (nSPS) is 18.0. The molecule has 0 saturated carbocycles. The Kier molecular flexibility index (Phi) is 6.07. The zero-order valence-corrected chi connectivity index (χ0v) is 16.6. The summed E-state index contributed by atoms with van der Waals surface area (Å²) >= 11 is 9.54. The molecule has 1 aromatic carbocycles. The van der Waals surface area contributed by atoms with Crippen LogP contribution in [0.3, 0.4) is 0 Å². The molecule has 1 aliphatic heterocycles. The molecular formula is C19H22BrClN2O2. The minimum Gasteiger partial charge on any atom is -0.482 e. The van der Waals surface area contributed by atoms with Gasteiger partial charge < -0.3 is 14.2 Å². The molecule has 0 bridgehead atoms. The van der Waals surface area contributed by atoms with Gasteiger partial charge in [0, 0.05) is 30.0 Å². The molecule has 1 aliphatic rings. The maximum Gasteiger partial charge on any atom is 0.261 e. The molecule has 1 amide bonds. The summed E-state index contributed by atoms with van der Waals surface area (Å²) in [5, 5.41) is 0.497.